The van der Waals surface area contributed by atoms with Gasteiger partial charge in [0.25, 0.3) is 0 Å². The third-order valence-corrected chi connectivity index (χ3v) is 2.55. The van der Waals surface area contributed by atoms with Crippen molar-refractivity contribution in [3.8, 4) is 0 Å². The Morgan fingerprint density at radius 1 is 1.53 bits per heavy atom. The fourth-order valence-electron chi connectivity index (χ4n) is 1.58. The third kappa shape index (κ3) is 2.43. The zero-order valence-corrected chi connectivity index (χ0v) is 8.60. The zero-order chi connectivity index (χ0) is 10.7. The summed E-state index contributed by atoms with van der Waals surface area (Å²) in [6, 6.07) is 4.29. The predicted molar refractivity (Wildman–Crippen MR) is 58.0 cm³/mol. The van der Waals surface area contributed by atoms with E-state index < -0.39 is 0 Å². The fourth-order valence-corrected chi connectivity index (χ4v) is 1.58. The van der Waals surface area contributed by atoms with Gasteiger partial charge >= 0.3 is 0 Å². The van der Waals surface area contributed by atoms with Crippen molar-refractivity contribution < 1.29 is 4.79 Å². The van der Waals surface area contributed by atoms with Crippen molar-refractivity contribution in [1.82, 2.24) is 9.88 Å². The lowest BCUT2D eigenvalue weighted by Crippen LogP contribution is -2.30. The normalized spacial score (nSPS) is 14.7. The van der Waals surface area contributed by atoms with Crippen molar-refractivity contribution in [2.24, 2.45) is 0 Å². The van der Waals surface area contributed by atoms with Gasteiger partial charge in [0.15, 0.2) is 0 Å². The van der Waals surface area contributed by atoms with Crippen molar-refractivity contribution >= 4 is 5.91 Å². The summed E-state index contributed by atoms with van der Waals surface area (Å²) >= 11 is 0. The van der Waals surface area contributed by atoms with Crippen molar-refractivity contribution in [3.63, 3.8) is 0 Å². The van der Waals surface area contributed by atoms with E-state index in [4.69, 9.17) is 0 Å². The van der Waals surface area contributed by atoms with Crippen molar-refractivity contribution in [2.75, 3.05) is 0 Å². The lowest BCUT2D eigenvalue weighted by molar-refractivity contribution is -0.127. The fraction of sp³-hybridized carbons (Fsp3) is 0.333. The number of pyridine rings is 1. The van der Waals surface area contributed by atoms with Crippen LogP contribution in [0.2, 0.25) is 0 Å². The Bertz CT molecular complexity index is 357. The maximum absolute atomic E-state index is 11.6. The number of nitrogens with zero attached hydrogens (tertiary/aromatic N) is 2. The van der Waals surface area contributed by atoms with Crippen molar-refractivity contribution in [3.05, 3.63) is 42.7 Å². The molecule has 0 N–H and O–H groups in total. The average molecular weight is 202 g/mol. The highest BCUT2D eigenvalue weighted by Crippen LogP contribution is 2.28. The Balaban J connectivity index is 2.07. The van der Waals surface area contributed by atoms with Gasteiger partial charge in [-0.1, -0.05) is 6.58 Å². The van der Waals surface area contributed by atoms with E-state index in [0.717, 1.165) is 18.4 Å². The van der Waals surface area contributed by atoms with Gasteiger partial charge in [0.1, 0.15) is 0 Å². The van der Waals surface area contributed by atoms with Crippen LogP contribution in [0.4, 0.5) is 0 Å². The first-order valence-corrected chi connectivity index (χ1v) is 5.13. The third-order valence-electron chi connectivity index (χ3n) is 2.55. The molecule has 1 aromatic heterocycles. The highest BCUT2D eigenvalue weighted by Gasteiger charge is 2.31. The van der Waals surface area contributed by atoms with Crippen LogP contribution in [0.1, 0.15) is 18.4 Å². The lowest BCUT2D eigenvalue weighted by atomic mass is 10.2. The number of carbonyl (C=O) groups is 1. The SMILES string of the molecule is C=CC(=O)N(Cc1ccncc1)C1CC1. The number of amides is 1. The molecule has 2 rings (SSSR count). The van der Waals surface area contributed by atoms with Crippen LogP contribution in [0.25, 0.3) is 0 Å². The number of carbonyl (C=O) groups excluding carboxylic acids is 1. The second-order valence-corrected chi connectivity index (χ2v) is 3.76. The van der Waals surface area contributed by atoms with Crippen LogP contribution in [-0.2, 0) is 11.3 Å². The highest BCUT2D eigenvalue weighted by atomic mass is 16.2. The standard InChI is InChI=1S/C12H14N2O/c1-2-12(15)14(11-3-4-11)9-10-5-7-13-8-6-10/h2,5-8,11H,1,3-4,9H2. The van der Waals surface area contributed by atoms with Gasteiger partial charge in [0.05, 0.1) is 0 Å². The van der Waals surface area contributed by atoms with E-state index >= 15 is 0 Å². The summed E-state index contributed by atoms with van der Waals surface area (Å²) in [4.78, 5) is 17.4. The largest absolute Gasteiger partial charge is 0.332 e. The molecule has 3 heteroatoms. The van der Waals surface area contributed by atoms with Gasteiger partial charge in [0, 0.05) is 25.0 Å². The molecule has 1 amide bonds. The molecule has 0 bridgehead atoms. The lowest BCUT2D eigenvalue weighted by Gasteiger charge is -2.20. The molecule has 1 aromatic rings. The minimum Gasteiger partial charge on any atom is -0.332 e. The molecule has 1 fully saturated rings. The molecular weight excluding hydrogens is 188 g/mol. The molecule has 0 spiro atoms. The van der Waals surface area contributed by atoms with Crippen LogP contribution in [0.15, 0.2) is 37.2 Å². The molecule has 0 aromatic carbocycles. The smallest absolute Gasteiger partial charge is 0.246 e. The van der Waals surface area contributed by atoms with E-state index in [9.17, 15) is 4.79 Å². The first-order valence-electron chi connectivity index (χ1n) is 5.13. The molecule has 0 aliphatic heterocycles. The quantitative estimate of drug-likeness (QED) is 0.697. The molecule has 0 atom stereocenters. The maximum atomic E-state index is 11.6. The Morgan fingerprint density at radius 2 is 2.20 bits per heavy atom. The number of rotatable bonds is 4. The second kappa shape index (κ2) is 4.26. The summed E-state index contributed by atoms with van der Waals surface area (Å²) in [6.45, 7) is 4.19. The van der Waals surface area contributed by atoms with E-state index in [1.807, 2.05) is 17.0 Å². The molecule has 1 heterocycles. The van der Waals surface area contributed by atoms with Gasteiger partial charge in [0.2, 0.25) is 5.91 Å². The van der Waals surface area contributed by atoms with E-state index in [1.54, 1.807) is 12.4 Å². The summed E-state index contributed by atoms with van der Waals surface area (Å²) in [5.41, 5.74) is 1.12. The predicted octanol–water partition coefficient (Wildman–Crippen LogP) is 1.76. The van der Waals surface area contributed by atoms with Gasteiger partial charge in [-0.15, -0.1) is 0 Å². The Kier molecular flexibility index (Phi) is 2.81. The molecule has 1 aliphatic rings. The molecule has 3 nitrogen and oxygen atoms in total. The van der Waals surface area contributed by atoms with Crippen LogP contribution in [-0.4, -0.2) is 21.8 Å². The number of aromatic nitrogens is 1. The van der Waals surface area contributed by atoms with Gasteiger partial charge in [-0.2, -0.15) is 0 Å². The summed E-state index contributed by atoms with van der Waals surface area (Å²) in [7, 11) is 0. The maximum Gasteiger partial charge on any atom is 0.246 e. The molecule has 1 aliphatic carbocycles. The topological polar surface area (TPSA) is 33.2 Å². The molecule has 0 radical (unpaired) electrons. The first-order chi connectivity index (χ1) is 7.31. The minimum atomic E-state index is 0.0225. The second-order valence-electron chi connectivity index (χ2n) is 3.76. The van der Waals surface area contributed by atoms with E-state index in [0.29, 0.717) is 12.6 Å². The average Bonchev–Trinajstić information content (AvgIpc) is 3.10. The Morgan fingerprint density at radius 3 is 2.73 bits per heavy atom. The molecular formula is C12H14N2O. The van der Waals surface area contributed by atoms with Crippen LogP contribution in [0.3, 0.4) is 0 Å². The van der Waals surface area contributed by atoms with Crippen molar-refractivity contribution in [1.29, 1.82) is 0 Å². The Labute approximate surface area is 89.4 Å². The van der Waals surface area contributed by atoms with Gasteiger partial charge in [-0.05, 0) is 36.6 Å². The van der Waals surface area contributed by atoms with Crippen LogP contribution < -0.4 is 0 Å². The van der Waals surface area contributed by atoms with Gasteiger partial charge < -0.3 is 4.90 Å². The van der Waals surface area contributed by atoms with E-state index in [-0.39, 0.29) is 5.91 Å². The number of hydrogen-bond acceptors (Lipinski definition) is 2. The number of hydrogen-bond donors (Lipinski definition) is 0. The van der Waals surface area contributed by atoms with Crippen LogP contribution in [0, 0.1) is 0 Å². The van der Waals surface area contributed by atoms with Crippen LogP contribution in [0.5, 0.6) is 0 Å². The zero-order valence-electron chi connectivity index (χ0n) is 8.60. The summed E-state index contributed by atoms with van der Waals surface area (Å²) in [5.74, 6) is 0.0225. The molecule has 0 saturated heterocycles. The molecule has 78 valence electrons. The Hall–Kier alpha value is -1.64. The van der Waals surface area contributed by atoms with Crippen LogP contribution >= 0.6 is 0 Å². The monoisotopic (exact) mass is 202 g/mol. The highest BCUT2D eigenvalue weighted by molar-refractivity contribution is 5.87. The summed E-state index contributed by atoms with van der Waals surface area (Å²) in [5, 5.41) is 0. The van der Waals surface area contributed by atoms with Gasteiger partial charge in [-0.25, -0.2) is 0 Å². The molecule has 15 heavy (non-hydrogen) atoms. The van der Waals surface area contributed by atoms with E-state index in [2.05, 4.69) is 11.6 Å². The summed E-state index contributed by atoms with van der Waals surface area (Å²) < 4.78 is 0. The van der Waals surface area contributed by atoms with Gasteiger partial charge in [-0.3, -0.25) is 9.78 Å². The summed E-state index contributed by atoms with van der Waals surface area (Å²) in [6.07, 6.45) is 7.12. The molecule has 1 saturated carbocycles. The van der Waals surface area contributed by atoms with Crippen molar-refractivity contribution in [2.45, 2.75) is 25.4 Å². The first kappa shape index (κ1) is 9.90. The van der Waals surface area contributed by atoms with E-state index in [1.165, 1.54) is 6.08 Å². The minimum absolute atomic E-state index is 0.0225. The molecule has 0 unspecified atom stereocenters.